The number of nitrogens with zero attached hydrogens (tertiary/aromatic N) is 2. The maximum absolute atomic E-state index is 12.0. The van der Waals surface area contributed by atoms with E-state index in [1.54, 1.807) is 13.8 Å². The number of carbonyl (C=O) groups excluding carboxylic acids is 2. The molecule has 2 N–H and O–H groups in total. The van der Waals surface area contributed by atoms with Crippen LogP contribution in [0.5, 0.6) is 0 Å². The molecule has 0 bridgehead atoms. The summed E-state index contributed by atoms with van der Waals surface area (Å²) in [5, 5.41) is 6.00. The van der Waals surface area contributed by atoms with Crippen molar-refractivity contribution in [3.05, 3.63) is 0 Å². The fourth-order valence-corrected chi connectivity index (χ4v) is 2.76. The summed E-state index contributed by atoms with van der Waals surface area (Å²) in [6, 6.07) is 0.255. The summed E-state index contributed by atoms with van der Waals surface area (Å²) in [5.74, 6) is -0.125. The Balaban J connectivity index is 1.85. The molecule has 0 saturated carbocycles. The van der Waals surface area contributed by atoms with Crippen molar-refractivity contribution in [1.29, 1.82) is 0 Å². The van der Waals surface area contributed by atoms with E-state index >= 15 is 0 Å². The lowest BCUT2D eigenvalue weighted by atomic mass is 10.1. The normalized spacial score (nSPS) is 27.7. The molecule has 3 amide bonds. The Morgan fingerprint density at radius 1 is 1.37 bits per heavy atom. The topological polar surface area (TPSA) is 64.7 Å². The molecular formula is C13H24N4O2. The summed E-state index contributed by atoms with van der Waals surface area (Å²) in [6.07, 6.45) is 2.36. The first kappa shape index (κ1) is 14.3. The monoisotopic (exact) mass is 268 g/mol. The second-order valence-corrected chi connectivity index (χ2v) is 5.94. The zero-order chi connectivity index (χ0) is 14.0. The second-order valence-electron chi connectivity index (χ2n) is 5.94. The zero-order valence-corrected chi connectivity index (χ0v) is 12.0. The van der Waals surface area contributed by atoms with Crippen molar-refractivity contribution in [2.45, 2.75) is 38.3 Å². The average molecular weight is 268 g/mol. The number of likely N-dealkylation sites (N-methyl/N-ethyl adjacent to an activating group) is 1. The number of hydrogen-bond donors (Lipinski definition) is 2. The maximum Gasteiger partial charge on any atom is 0.325 e. The Morgan fingerprint density at radius 2 is 2.11 bits per heavy atom. The molecule has 2 aliphatic rings. The molecule has 108 valence electrons. The van der Waals surface area contributed by atoms with E-state index in [2.05, 4.69) is 15.5 Å². The number of rotatable bonds is 4. The predicted molar refractivity (Wildman–Crippen MR) is 72.8 cm³/mol. The molecule has 0 aromatic carbocycles. The fourth-order valence-electron chi connectivity index (χ4n) is 2.76. The maximum atomic E-state index is 12.0. The lowest BCUT2D eigenvalue weighted by Crippen LogP contribution is -2.47. The molecule has 2 heterocycles. The van der Waals surface area contributed by atoms with Gasteiger partial charge in [-0.15, -0.1) is 0 Å². The van der Waals surface area contributed by atoms with Crippen LogP contribution in [0.2, 0.25) is 0 Å². The molecule has 2 saturated heterocycles. The van der Waals surface area contributed by atoms with Gasteiger partial charge in [-0.3, -0.25) is 9.69 Å². The van der Waals surface area contributed by atoms with Gasteiger partial charge in [0.2, 0.25) is 0 Å². The molecule has 2 rings (SSSR count). The summed E-state index contributed by atoms with van der Waals surface area (Å²) >= 11 is 0. The molecule has 1 atom stereocenters. The molecule has 2 fully saturated rings. The number of piperidine rings is 1. The molecule has 6 nitrogen and oxygen atoms in total. The van der Waals surface area contributed by atoms with Crippen LogP contribution in [-0.2, 0) is 4.79 Å². The van der Waals surface area contributed by atoms with Gasteiger partial charge in [0.15, 0.2) is 0 Å². The van der Waals surface area contributed by atoms with Crippen molar-refractivity contribution in [1.82, 2.24) is 20.4 Å². The zero-order valence-electron chi connectivity index (χ0n) is 12.0. The highest BCUT2D eigenvalue weighted by Crippen LogP contribution is 2.17. The van der Waals surface area contributed by atoms with Crippen molar-refractivity contribution < 1.29 is 9.59 Å². The van der Waals surface area contributed by atoms with Crippen LogP contribution in [0.25, 0.3) is 0 Å². The van der Waals surface area contributed by atoms with Crippen molar-refractivity contribution in [3.63, 3.8) is 0 Å². The lowest BCUT2D eigenvalue weighted by Gasteiger charge is -2.33. The van der Waals surface area contributed by atoms with E-state index in [4.69, 9.17) is 0 Å². The third-order valence-electron chi connectivity index (χ3n) is 4.00. The van der Waals surface area contributed by atoms with Gasteiger partial charge in [0, 0.05) is 25.7 Å². The van der Waals surface area contributed by atoms with Crippen LogP contribution in [-0.4, -0.2) is 66.5 Å². The minimum atomic E-state index is -0.757. The Morgan fingerprint density at radius 3 is 2.68 bits per heavy atom. The van der Waals surface area contributed by atoms with Crippen LogP contribution in [0.15, 0.2) is 0 Å². The molecular weight excluding hydrogens is 244 g/mol. The second kappa shape index (κ2) is 5.46. The fraction of sp³-hybridized carbons (Fsp3) is 0.846. The van der Waals surface area contributed by atoms with Crippen LogP contribution < -0.4 is 10.6 Å². The Labute approximate surface area is 114 Å². The van der Waals surface area contributed by atoms with Crippen LogP contribution >= 0.6 is 0 Å². The average Bonchev–Trinajstić information content (AvgIpc) is 2.57. The summed E-state index contributed by atoms with van der Waals surface area (Å²) < 4.78 is 0. The third kappa shape index (κ3) is 3.06. The largest absolute Gasteiger partial charge is 0.325 e. The van der Waals surface area contributed by atoms with Gasteiger partial charge in [0.25, 0.3) is 5.91 Å². The number of carbonyl (C=O) groups is 2. The smallest absolute Gasteiger partial charge is 0.324 e. The molecule has 0 aromatic rings. The highest BCUT2D eigenvalue weighted by atomic mass is 16.2. The standard InChI is InChI=1S/C13H24N4O2/c1-13(2)11(18)17(12(19)15-13)8-7-16-6-4-5-10(9-16)14-3/h10,14H,4-9H2,1-3H3,(H,15,19). The van der Waals surface area contributed by atoms with Crippen LogP contribution in [0.3, 0.4) is 0 Å². The number of likely N-dealkylation sites (tertiary alicyclic amines) is 1. The number of imide groups is 1. The van der Waals surface area contributed by atoms with Crippen molar-refractivity contribution in [3.8, 4) is 0 Å². The molecule has 2 aliphatic heterocycles. The molecule has 0 radical (unpaired) electrons. The first-order chi connectivity index (χ1) is 8.94. The molecule has 0 aromatic heterocycles. The van der Waals surface area contributed by atoms with E-state index < -0.39 is 5.54 Å². The van der Waals surface area contributed by atoms with E-state index in [-0.39, 0.29) is 11.9 Å². The lowest BCUT2D eigenvalue weighted by molar-refractivity contribution is -0.130. The minimum absolute atomic E-state index is 0.125. The molecule has 6 heteroatoms. The molecule has 1 unspecified atom stereocenters. The van der Waals surface area contributed by atoms with Crippen LogP contribution in [0, 0.1) is 0 Å². The van der Waals surface area contributed by atoms with E-state index in [9.17, 15) is 9.59 Å². The van der Waals surface area contributed by atoms with Gasteiger partial charge in [-0.25, -0.2) is 4.79 Å². The molecule has 0 spiro atoms. The Bertz CT molecular complexity index is 370. The quantitative estimate of drug-likeness (QED) is 0.705. The number of urea groups is 1. The summed E-state index contributed by atoms with van der Waals surface area (Å²) in [4.78, 5) is 27.5. The SMILES string of the molecule is CNC1CCCN(CCN2C(=O)NC(C)(C)C2=O)C1. The highest BCUT2D eigenvalue weighted by molar-refractivity contribution is 6.06. The molecule has 0 aliphatic carbocycles. The summed E-state index contributed by atoms with van der Waals surface area (Å²) in [7, 11) is 1.98. The van der Waals surface area contributed by atoms with Gasteiger partial charge < -0.3 is 15.5 Å². The van der Waals surface area contributed by atoms with Crippen molar-refractivity contribution in [2.75, 3.05) is 33.2 Å². The van der Waals surface area contributed by atoms with Gasteiger partial charge in [-0.2, -0.15) is 0 Å². The Kier molecular flexibility index (Phi) is 4.10. The minimum Gasteiger partial charge on any atom is -0.324 e. The van der Waals surface area contributed by atoms with E-state index in [1.807, 2.05) is 7.05 Å². The van der Waals surface area contributed by atoms with Crippen molar-refractivity contribution >= 4 is 11.9 Å². The van der Waals surface area contributed by atoms with Gasteiger partial charge in [0.1, 0.15) is 5.54 Å². The first-order valence-corrected chi connectivity index (χ1v) is 6.98. The van der Waals surface area contributed by atoms with Crippen molar-refractivity contribution in [2.24, 2.45) is 0 Å². The predicted octanol–water partition coefficient (Wildman–Crippen LogP) is 0.000600. The Hall–Kier alpha value is -1.14. The summed E-state index contributed by atoms with van der Waals surface area (Å²) in [6.45, 7) is 6.75. The number of nitrogens with one attached hydrogen (secondary N) is 2. The van der Waals surface area contributed by atoms with E-state index in [0.29, 0.717) is 12.6 Å². The number of hydrogen-bond acceptors (Lipinski definition) is 4. The van der Waals surface area contributed by atoms with Gasteiger partial charge in [-0.1, -0.05) is 0 Å². The van der Waals surface area contributed by atoms with Gasteiger partial charge >= 0.3 is 6.03 Å². The first-order valence-electron chi connectivity index (χ1n) is 6.98. The number of amides is 3. The van der Waals surface area contributed by atoms with Gasteiger partial charge in [-0.05, 0) is 40.3 Å². The van der Waals surface area contributed by atoms with Crippen LogP contribution in [0.1, 0.15) is 26.7 Å². The van der Waals surface area contributed by atoms with Gasteiger partial charge in [0.05, 0.1) is 0 Å². The van der Waals surface area contributed by atoms with E-state index in [0.717, 1.165) is 26.1 Å². The summed E-state index contributed by atoms with van der Waals surface area (Å²) in [5.41, 5.74) is -0.757. The van der Waals surface area contributed by atoms with E-state index in [1.165, 1.54) is 11.3 Å². The third-order valence-corrected chi connectivity index (χ3v) is 4.00. The highest BCUT2D eigenvalue weighted by Gasteiger charge is 2.44. The van der Waals surface area contributed by atoms with Crippen LogP contribution in [0.4, 0.5) is 4.79 Å². The molecule has 19 heavy (non-hydrogen) atoms.